The summed E-state index contributed by atoms with van der Waals surface area (Å²) in [5.74, 6) is 1.74. The fourth-order valence-corrected chi connectivity index (χ4v) is 2.27. The van der Waals surface area contributed by atoms with Crippen molar-refractivity contribution in [3.63, 3.8) is 0 Å². The van der Waals surface area contributed by atoms with E-state index in [-0.39, 0.29) is 0 Å². The molecule has 0 saturated carbocycles. The first-order chi connectivity index (χ1) is 9.76. The van der Waals surface area contributed by atoms with Gasteiger partial charge in [-0.3, -0.25) is 4.98 Å². The molecule has 0 aliphatic heterocycles. The Labute approximate surface area is 122 Å². The highest BCUT2D eigenvalue weighted by Crippen LogP contribution is 2.28. The van der Waals surface area contributed by atoms with Gasteiger partial charge in [0.2, 0.25) is 5.88 Å². The van der Waals surface area contributed by atoms with E-state index >= 15 is 0 Å². The fraction of sp³-hybridized carbons (Fsp3) is 0.125. The van der Waals surface area contributed by atoms with E-state index in [0.29, 0.717) is 11.8 Å². The zero-order valence-corrected chi connectivity index (χ0v) is 11.8. The maximum Gasteiger partial charge on any atom is 0.219 e. The number of nitrogens with zero attached hydrogens (tertiary/aromatic N) is 2. The van der Waals surface area contributed by atoms with Crippen LogP contribution in [0.2, 0.25) is 0 Å². The maximum atomic E-state index is 5.91. The third-order valence-corrected chi connectivity index (χ3v) is 3.27. The predicted octanol–water partition coefficient (Wildman–Crippen LogP) is 4.47. The van der Waals surface area contributed by atoms with Crippen LogP contribution in [0.25, 0.3) is 10.9 Å². The molecule has 1 aromatic carbocycles. The van der Waals surface area contributed by atoms with Crippen LogP contribution >= 0.6 is 11.6 Å². The molecule has 4 heteroatoms. The van der Waals surface area contributed by atoms with E-state index in [9.17, 15) is 0 Å². The summed E-state index contributed by atoms with van der Waals surface area (Å²) in [6, 6.07) is 13.5. The van der Waals surface area contributed by atoms with Crippen molar-refractivity contribution < 1.29 is 4.74 Å². The van der Waals surface area contributed by atoms with E-state index in [4.69, 9.17) is 16.3 Å². The van der Waals surface area contributed by atoms with Crippen molar-refractivity contribution in [3.05, 3.63) is 59.9 Å². The van der Waals surface area contributed by atoms with Gasteiger partial charge in [-0.25, -0.2) is 4.98 Å². The standard InChI is InChI=1S/C16H13ClN2O/c1-11-8-12(10-17)9-16(19-11)20-15-6-2-5-14-13(15)4-3-7-18-14/h2-9H,10H2,1H3. The van der Waals surface area contributed by atoms with Crippen LogP contribution in [0.1, 0.15) is 11.3 Å². The van der Waals surface area contributed by atoms with E-state index < -0.39 is 0 Å². The average molecular weight is 285 g/mol. The first kappa shape index (κ1) is 12.9. The molecule has 20 heavy (non-hydrogen) atoms. The maximum absolute atomic E-state index is 5.91. The predicted molar refractivity (Wildman–Crippen MR) is 80.3 cm³/mol. The summed E-state index contributed by atoms with van der Waals surface area (Å²) >= 11 is 5.88. The summed E-state index contributed by atoms with van der Waals surface area (Å²) in [6.07, 6.45) is 1.77. The summed E-state index contributed by atoms with van der Waals surface area (Å²) in [5, 5.41) is 0.964. The molecule has 3 rings (SSSR count). The molecule has 0 fully saturated rings. The Balaban J connectivity index is 2.03. The monoisotopic (exact) mass is 284 g/mol. The van der Waals surface area contributed by atoms with E-state index in [2.05, 4.69) is 9.97 Å². The van der Waals surface area contributed by atoms with Gasteiger partial charge in [0.05, 0.1) is 5.52 Å². The highest BCUT2D eigenvalue weighted by Gasteiger charge is 2.06. The van der Waals surface area contributed by atoms with Gasteiger partial charge >= 0.3 is 0 Å². The quantitative estimate of drug-likeness (QED) is 0.666. The van der Waals surface area contributed by atoms with Crippen molar-refractivity contribution in [2.24, 2.45) is 0 Å². The molecule has 3 aromatic rings. The van der Waals surface area contributed by atoms with Gasteiger partial charge in [-0.1, -0.05) is 6.07 Å². The Hall–Kier alpha value is -2.13. The minimum Gasteiger partial charge on any atom is -0.438 e. The molecular formula is C16H13ClN2O. The number of rotatable bonds is 3. The SMILES string of the molecule is Cc1cc(CCl)cc(Oc2cccc3ncccc23)n1. The molecule has 0 radical (unpaired) electrons. The first-order valence-electron chi connectivity index (χ1n) is 6.31. The zero-order valence-electron chi connectivity index (χ0n) is 11.0. The summed E-state index contributed by atoms with van der Waals surface area (Å²) in [6.45, 7) is 1.92. The topological polar surface area (TPSA) is 35.0 Å². The van der Waals surface area contributed by atoms with E-state index in [1.807, 2.05) is 49.4 Å². The summed E-state index contributed by atoms with van der Waals surface area (Å²) < 4.78 is 5.91. The number of hydrogen-bond donors (Lipinski definition) is 0. The molecule has 0 saturated heterocycles. The van der Waals surface area contributed by atoms with Crippen molar-refractivity contribution in [1.82, 2.24) is 9.97 Å². The van der Waals surface area contributed by atoms with Crippen molar-refractivity contribution in [2.75, 3.05) is 0 Å². The Morgan fingerprint density at radius 1 is 1.15 bits per heavy atom. The minimum atomic E-state index is 0.441. The number of aryl methyl sites for hydroxylation is 1. The van der Waals surface area contributed by atoms with Gasteiger partial charge in [0, 0.05) is 29.2 Å². The summed E-state index contributed by atoms with van der Waals surface area (Å²) in [4.78, 5) is 8.70. The molecule has 2 aromatic heterocycles. The Morgan fingerprint density at radius 2 is 2.05 bits per heavy atom. The first-order valence-corrected chi connectivity index (χ1v) is 6.85. The molecule has 2 heterocycles. The number of ether oxygens (including phenoxy) is 1. The van der Waals surface area contributed by atoms with Crippen LogP contribution in [-0.4, -0.2) is 9.97 Å². The fourth-order valence-electron chi connectivity index (χ4n) is 2.11. The molecule has 100 valence electrons. The molecule has 0 aliphatic carbocycles. The molecule has 0 bridgehead atoms. The van der Waals surface area contributed by atoms with E-state index in [1.165, 1.54) is 0 Å². The zero-order chi connectivity index (χ0) is 13.9. The molecule has 0 N–H and O–H groups in total. The second kappa shape index (κ2) is 5.47. The lowest BCUT2D eigenvalue weighted by molar-refractivity contribution is 0.466. The highest BCUT2D eigenvalue weighted by molar-refractivity contribution is 6.17. The number of hydrogen-bond acceptors (Lipinski definition) is 3. The summed E-state index contributed by atoms with van der Waals surface area (Å²) in [7, 11) is 0. The van der Waals surface area contributed by atoms with E-state index in [1.54, 1.807) is 6.20 Å². The van der Waals surface area contributed by atoms with Crippen LogP contribution in [0.3, 0.4) is 0 Å². The van der Waals surface area contributed by atoms with Gasteiger partial charge in [-0.05, 0) is 42.8 Å². The van der Waals surface area contributed by atoms with Gasteiger partial charge in [-0.15, -0.1) is 11.6 Å². The highest BCUT2D eigenvalue weighted by atomic mass is 35.5. The molecule has 0 unspecified atom stereocenters. The molecule has 3 nitrogen and oxygen atoms in total. The van der Waals surface area contributed by atoms with Gasteiger partial charge in [-0.2, -0.15) is 0 Å². The third kappa shape index (κ3) is 2.58. The average Bonchev–Trinajstić information content (AvgIpc) is 2.47. The molecule has 0 amide bonds. The largest absolute Gasteiger partial charge is 0.438 e. The second-order valence-electron chi connectivity index (χ2n) is 4.52. The number of benzene rings is 1. The lowest BCUT2D eigenvalue weighted by Crippen LogP contribution is -1.93. The van der Waals surface area contributed by atoms with Gasteiger partial charge < -0.3 is 4.74 Å². The number of aromatic nitrogens is 2. The molecule has 0 aliphatic rings. The number of pyridine rings is 2. The lowest BCUT2D eigenvalue weighted by atomic mass is 10.2. The smallest absolute Gasteiger partial charge is 0.219 e. The van der Waals surface area contributed by atoms with Crippen molar-refractivity contribution >= 4 is 22.5 Å². The third-order valence-electron chi connectivity index (χ3n) is 2.96. The number of alkyl halides is 1. The minimum absolute atomic E-state index is 0.441. The van der Waals surface area contributed by atoms with Crippen molar-refractivity contribution in [2.45, 2.75) is 12.8 Å². The Bertz CT molecular complexity index is 753. The van der Waals surface area contributed by atoms with Gasteiger partial charge in [0.15, 0.2) is 0 Å². The molecule has 0 atom stereocenters. The lowest BCUT2D eigenvalue weighted by Gasteiger charge is -2.09. The van der Waals surface area contributed by atoms with Crippen molar-refractivity contribution in [1.29, 1.82) is 0 Å². The van der Waals surface area contributed by atoms with Gasteiger partial charge in [0.25, 0.3) is 0 Å². The van der Waals surface area contributed by atoms with Crippen LogP contribution < -0.4 is 4.74 Å². The number of halogens is 1. The molecule has 0 spiro atoms. The Morgan fingerprint density at radius 3 is 2.90 bits per heavy atom. The van der Waals surface area contributed by atoms with Gasteiger partial charge in [0.1, 0.15) is 5.75 Å². The van der Waals surface area contributed by atoms with Crippen LogP contribution in [0.15, 0.2) is 48.7 Å². The molecular weight excluding hydrogens is 272 g/mol. The van der Waals surface area contributed by atoms with E-state index in [0.717, 1.165) is 27.9 Å². The van der Waals surface area contributed by atoms with Crippen LogP contribution in [0.5, 0.6) is 11.6 Å². The summed E-state index contributed by atoms with van der Waals surface area (Å²) in [5.41, 5.74) is 2.78. The van der Waals surface area contributed by atoms with Crippen LogP contribution in [0.4, 0.5) is 0 Å². The normalized spacial score (nSPS) is 10.7. The van der Waals surface area contributed by atoms with Crippen LogP contribution in [-0.2, 0) is 5.88 Å². The van der Waals surface area contributed by atoms with Crippen LogP contribution in [0, 0.1) is 6.92 Å². The number of fused-ring (bicyclic) bond motifs is 1. The second-order valence-corrected chi connectivity index (χ2v) is 4.78. The van der Waals surface area contributed by atoms with Crippen molar-refractivity contribution in [3.8, 4) is 11.6 Å². The Kier molecular flexibility index (Phi) is 3.52.